The Morgan fingerprint density at radius 2 is 1.06 bits per heavy atom. The molecule has 2 aliphatic rings. The second kappa shape index (κ2) is 4.16. The van der Waals surface area contributed by atoms with Crippen molar-refractivity contribution >= 4 is 28.0 Å². The normalized spacial score (nSPS) is 24.9. The molecule has 0 aromatic heterocycles. The molecule has 0 amide bonds. The summed E-state index contributed by atoms with van der Waals surface area (Å²) in [6.07, 6.45) is 0. The Morgan fingerprint density at radius 3 is 1.56 bits per heavy atom. The van der Waals surface area contributed by atoms with Gasteiger partial charge in [0.05, 0.1) is 0 Å². The summed E-state index contributed by atoms with van der Waals surface area (Å²) in [6.45, 7) is 0. The number of rotatable bonds is 1. The predicted molar refractivity (Wildman–Crippen MR) is 82.5 cm³/mol. The third kappa shape index (κ3) is 1.53. The van der Waals surface area contributed by atoms with Crippen LogP contribution in [-0.2, 0) is 0 Å². The Balaban J connectivity index is 1.80. The number of benzene rings is 2. The molecule has 0 spiro atoms. The van der Waals surface area contributed by atoms with Crippen molar-refractivity contribution in [1.29, 1.82) is 0 Å². The van der Waals surface area contributed by atoms with E-state index >= 15 is 0 Å². The molecule has 2 aliphatic heterocycles. The Labute approximate surface area is 110 Å². The lowest BCUT2D eigenvalue weighted by Gasteiger charge is -2.17. The predicted octanol–water partition coefficient (Wildman–Crippen LogP) is 4.69. The van der Waals surface area contributed by atoms with Crippen molar-refractivity contribution in [2.24, 2.45) is 0 Å². The van der Waals surface area contributed by atoms with Gasteiger partial charge < -0.3 is 0 Å². The lowest BCUT2D eigenvalue weighted by molar-refractivity contribution is 0.911. The molecule has 0 aliphatic carbocycles. The third-order valence-electron chi connectivity index (χ3n) is 3.68. The number of hydrogen-bond acceptors (Lipinski definition) is 0. The maximum Gasteiger partial charge on any atom is 0.0410 e. The van der Waals surface area contributed by atoms with Gasteiger partial charge in [-0.05, 0) is 33.8 Å². The molecule has 0 saturated carbocycles. The molecule has 2 heterocycles. The molecular weight excluding hydrogens is 254 g/mol. The highest BCUT2D eigenvalue weighted by Gasteiger charge is 2.29. The summed E-state index contributed by atoms with van der Waals surface area (Å²) in [5.41, 5.74) is 7.21. The van der Waals surface area contributed by atoms with Gasteiger partial charge in [-0.1, -0.05) is 64.9 Å². The smallest absolute Gasteiger partial charge is 0.0410 e. The summed E-state index contributed by atoms with van der Waals surface area (Å²) in [4.78, 5) is 0. The molecular formula is C16H12P2. The fourth-order valence-electron chi connectivity index (χ4n) is 2.78. The maximum atomic E-state index is 2.37. The summed E-state index contributed by atoms with van der Waals surface area (Å²) in [5, 5.41) is 0. The lowest BCUT2D eigenvalue weighted by atomic mass is 9.97. The van der Waals surface area contributed by atoms with E-state index in [9.17, 15) is 0 Å². The summed E-state index contributed by atoms with van der Waals surface area (Å²) in [7, 11) is 2.91. The van der Waals surface area contributed by atoms with Gasteiger partial charge in [-0.15, -0.1) is 0 Å². The van der Waals surface area contributed by atoms with E-state index in [0.29, 0.717) is 11.3 Å². The molecule has 0 fully saturated rings. The second-order valence-corrected chi connectivity index (χ2v) is 6.93. The van der Waals surface area contributed by atoms with E-state index in [1.54, 1.807) is 0 Å². The highest BCUT2D eigenvalue weighted by Crippen LogP contribution is 2.53. The molecule has 86 valence electrons. The van der Waals surface area contributed by atoms with Crippen molar-refractivity contribution in [3.8, 4) is 0 Å². The van der Waals surface area contributed by atoms with Crippen LogP contribution in [0.1, 0.15) is 33.6 Å². The van der Waals surface area contributed by atoms with Gasteiger partial charge in [0.2, 0.25) is 0 Å². The third-order valence-corrected chi connectivity index (χ3v) is 6.56. The van der Waals surface area contributed by atoms with E-state index < -0.39 is 0 Å². The van der Waals surface area contributed by atoms with Gasteiger partial charge in [-0.25, -0.2) is 0 Å². The molecule has 0 N–H and O–H groups in total. The van der Waals surface area contributed by atoms with Crippen LogP contribution in [0.3, 0.4) is 0 Å². The monoisotopic (exact) mass is 266 g/mol. The van der Waals surface area contributed by atoms with Gasteiger partial charge in [-0.3, -0.25) is 0 Å². The molecule has 4 rings (SSSR count). The zero-order valence-corrected chi connectivity index (χ0v) is 11.6. The first kappa shape index (κ1) is 10.7. The average Bonchev–Trinajstić information content (AvgIpc) is 3.01. The first-order chi connectivity index (χ1) is 8.93. The largest absolute Gasteiger partial charge is 0.0943 e. The summed E-state index contributed by atoms with van der Waals surface area (Å²) in [5.74, 6) is 4.74. The molecule has 0 bridgehead atoms. The van der Waals surface area contributed by atoms with Crippen LogP contribution in [-0.4, -0.2) is 11.6 Å². The first-order valence-corrected chi connectivity index (χ1v) is 8.24. The van der Waals surface area contributed by atoms with Crippen molar-refractivity contribution in [2.75, 3.05) is 0 Å². The molecule has 0 unspecified atom stereocenters. The van der Waals surface area contributed by atoms with Crippen LogP contribution in [0.4, 0.5) is 0 Å². The lowest BCUT2D eigenvalue weighted by Crippen LogP contribution is -1.99. The second-order valence-electron chi connectivity index (χ2n) is 4.70. The van der Waals surface area contributed by atoms with E-state index in [2.05, 4.69) is 60.1 Å². The van der Waals surface area contributed by atoms with Gasteiger partial charge >= 0.3 is 0 Å². The zero-order chi connectivity index (χ0) is 11.9. The van der Waals surface area contributed by atoms with Crippen molar-refractivity contribution in [2.45, 2.75) is 11.3 Å². The molecule has 18 heavy (non-hydrogen) atoms. The standard InChI is InChI=1S/C16H12P2/c1-3-7-13-11(5-1)9-17-15(13)16-14-8-4-2-6-12(14)10-18-16/h1-10,15-16H/t15-,16-/m1/s1. The van der Waals surface area contributed by atoms with E-state index in [-0.39, 0.29) is 0 Å². The van der Waals surface area contributed by atoms with Gasteiger partial charge in [0.25, 0.3) is 0 Å². The minimum Gasteiger partial charge on any atom is -0.0943 e. The van der Waals surface area contributed by atoms with Crippen LogP contribution >= 0.6 is 16.4 Å². The van der Waals surface area contributed by atoms with E-state index in [4.69, 9.17) is 0 Å². The quantitative estimate of drug-likeness (QED) is 0.657. The fraction of sp³-hybridized carbons (Fsp3) is 0.125. The van der Waals surface area contributed by atoms with E-state index in [1.807, 2.05) is 0 Å². The Morgan fingerprint density at radius 1 is 0.611 bits per heavy atom. The highest BCUT2D eigenvalue weighted by molar-refractivity contribution is 7.45. The van der Waals surface area contributed by atoms with Crippen LogP contribution < -0.4 is 0 Å². The van der Waals surface area contributed by atoms with E-state index in [0.717, 1.165) is 0 Å². The van der Waals surface area contributed by atoms with Crippen LogP contribution in [0, 0.1) is 0 Å². The van der Waals surface area contributed by atoms with Gasteiger partial charge in [0.1, 0.15) is 0 Å². The summed E-state index contributed by atoms with van der Waals surface area (Å²) < 4.78 is 0. The number of hydrogen-bond donors (Lipinski definition) is 0. The van der Waals surface area contributed by atoms with Crippen LogP contribution in [0.25, 0.3) is 0 Å². The van der Waals surface area contributed by atoms with Crippen molar-refractivity contribution in [3.63, 3.8) is 0 Å². The minimum absolute atomic E-state index is 0.641. The van der Waals surface area contributed by atoms with Crippen molar-refractivity contribution < 1.29 is 0 Å². The van der Waals surface area contributed by atoms with E-state index in [1.165, 1.54) is 38.7 Å². The Hall–Kier alpha value is -1.22. The molecule has 2 aromatic rings. The summed E-state index contributed by atoms with van der Waals surface area (Å²) >= 11 is 0. The van der Waals surface area contributed by atoms with Gasteiger partial charge in [0.15, 0.2) is 0 Å². The van der Waals surface area contributed by atoms with Gasteiger partial charge in [-0.2, -0.15) is 0 Å². The first-order valence-electron chi connectivity index (χ1n) is 6.18. The van der Waals surface area contributed by atoms with Gasteiger partial charge in [0, 0.05) is 11.3 Å². The van der Waals surface area contributed by atoms with Crippen LogP contribution in [0.2, 0.25) is 0 Å². The molecule has 0 saturated heterocycles. The van der Waals surface area contributed by atoms with Crippen LogP contribution in [0.15, 0.2) is 48.5 Å². The van der Waals surface area contributed by atoms with Crippen molar-refractivity contribution in [1.82, 2.24) is 0 Å². The molecule has 2 aromatic carbocycles. The molecule has 0 nitrogen and oxygen atoms in total. The molecule has 2 heteroatoms. The maximum absolute atomic E-state index is 2.37. The minimum atomic E-state index is 0.641. The zero-order valence-electron chi connectivity index (χ0n) is 9.82. The van der Waals surface area contributed by atoms with Crippen LogP contribution in [0.5, 0.6) is 0 Å². The SMILES string of the molecule is C1=P[C@@H]([C@@H]2P=Cc3ccccc32)c2ccccc21. The Kier molecular flexibility index (Phi) is 2.47. The topological polar surface area (TPSA) is 0 Å². The molecule has 0 radical (unpaired) electrons. The highest BCUT2D eigenvalue weighted by atomic mass is 31.1. The van der Waals surface area contributed by atoms with Crippen molar-refractivity contribution in [3.05, 3.63) is 70.8 Å². The Bertz CT molecular complexity index is 611. The average molecular weight is 266 g/mol. The summed E-state index contributed by atoms with van der Waals surface area (Å²) in [6, 6.07) is 17.7. The molecule has 2 atom stereocenters. The number of fused-ring (bicyclic) bond motifs is 2. The fourth-order valence-corrected chi connectivity index (χ4v) is 5.79.